The Labute approximate surface area is 173 Å². The molecule has 0 saturated heterocycles. The first-order chi connectivity index (χ1) is 13.8. The molecule has 1 aromatic carbocycles. The number of thiazole rings is 1. The van der Waals surface area contributed by atoms with Crippen LogP contribution in [0.25, 0.3) is 22.0 Å². The summed E-state index contributed by atoms with van der Waals surface area (Å²) in [6, 6.07) is 15.2. The lowest BCUT2D eigenvalue weighted by atomic mass is 10.2. The van der Waals surface area contributed by atoms with Gasteiger partial charge in [-0.15, -0.1) is 11.3 Å². The number of hydrogen-bond donors (Lipinski definition) is 1. The second-order valence-corrected chi connectivity index (χ2v) is 9.37. The first-order valence-corrected chi connectivity index (χ1v) is 11.4. The lowest BCUT2D eigenvalue weighted by Gasteiger charge is -2.06. The number of sulfonamides is 1. The zero-order valence-electron chi connectivity index (χ0n) is 16.3. The van der Waals surface area contributed by atoms with Gasteiger partial charge in [0.25, 0.3) is 0 Å². The van der Waals surface area contributed by atoms with Crippen LogP contribution in [-0.4, -0.2) is 18.0 Å². The van der Waals surface area contributed by atoms with Crippen molar-refractivity contribution in [1.29, 1.82) is 0 Å². The third-order valence-corrected chi connectivity index (χ3v) is 7.19. The Morgan fingerprint density at radius 3 is 2.59 bits per heavy atom. The lowest BCUT2D eigenvalue weighted by molar-refractivity contribution is 0.475. The maximum atomic E-state index is 12.9. The zero-order chi connectivity index (χ0) is 20.6. The van der Waals surface area contributed by atoms with Crippen molar-refractivity contribution in [2.75, 3.05) is 0 Å². The molecule has 0 bridgehead atoms. The fourth-order valence-electron chi connectivity index (χ4n) is 3.11. The smallest absolute Gasteiger partial charge is 0.242 e. The topological polar surface area (TPSA) is 77.1 Å². The molecule has 1 N–H and O–H groups in total. The highest BCUT2D eigenvalue weighted by molar-refractivity contribution is 7.89. The highest BCUT2D eigenvalue weighted by atomic mass is 32.2. The van der Waals surface area contributed by atoms with Crippen LogP contribution in [0.3, 0.4) is 0 Å². The Balaban J connectivity index is 1.63. The highest BCUT2D eigenvalue weighted by Gasteiger charge is 2.23. The fraction of sp³-hybridized carbons (Fsp3) is 0.190. The largest absolute Gasteiger partial charge is 0.465 e. The molecule has 0 aliphatic carbocycles. The van der Waals surface area contributed by atoms with Crippen LogP contribution in [0.1, 0.15) is 17.2 Å². The molecule has 0 saturated carbocycles. The SMILES string of the molecule is Cc1ccc(CNS(=O)(=O)c2cc(-c3nc(-c4ccccc4)cs3)n(C)c2C)o1. The van der Waals surface area contributed by atoms with Crippen LogP contribution in [0.5, 0.6) is 0 Å². The summed E-state index contributed by atoms with van der Waals surface area (Å²) in [7, 11) is -1.84. The summed E-state index contributed by atoms with van der Waals surface area (Å²) < 4.78 is 35.7. The maximum Gasteiger partial charge on any atom is 0.242 e. The van der Waals surface area contributed by atoms with Gasteiger partial charge in [-0.1, -0.05) is 30.3 Å². The van der Waals surface area contributed by atoms with E-state index < -0.39 is 10.0 Å². The summed E-state index contributed by atoms with van der Waals surface area (Å²) in [5.41, 5.74) is 3.33. The Hall–Kier alpha value is -2.68. The first-order valence-electron chi connectivity index (χ1n) is 9.08. The number of aromatic nitrogens is 2. The summed E-state index contributed by atoms with van der Waals surface area (Å²) in [6.07, 6.45) is 0. The molecule has 0 fully saturated rings. The van der Waals surface area contributed by atoms with Crippen molar-refractivity contribution in [1.82, 2.24) is 14.3 Å². The van der Waals surface area contributed by atoms with Crippen molar-refractivity contribution >= 4 is 21.4 Å². The van der Waals surface area contributed by atoms with Crippen molar-refractivity contribution < 1.29 is 12.8 Å². The standard InChI is InChI=1S/C21H21N3O3S2/c1-14-9-10-17(27-14)12-22-29(25,26)20-11-19(24(3)15(20)2)21-23-18(13-28-21)16-7-5-4-6-8-16/h4-11,13,22H,12H2,1-3H3. The van der Waals surface area contributed by atoms with Gasteiger partial charge in [-0.05, 0) is 32.0 Å². The van der Waals surface area contributed by atoms with E-state index in [2.05, 4.69) is 4.72 Å². The molecule has 3 heterocycles. The summed E-state index contributed by atoms with van der Waals surface area (Å²) >= 11 is 1.50. The fourth-order valence-corrected chi connectivity index (χ4v) is 5.27. The summed E-state index contributed by atoms with van der Waals surface area (Å²) in [6.45, 7) is 3.72. The average Bonchev–Trinajstić information content (AvgIpc) is 3.42. The Morgan fingerprint density at radius 2 is 1.90 bits per heavy atom. The predicted octanol–water partition coefficient (Wildman–Crippen LogP) is 4.50. The Morgan fingerprint density at radius 1 is 1.14 bits per heavy atom. The molecule has 0 aliphatic rings. The zero-order valence-corrected chi connectivity index (χ0v) is 18.0. The van der Waals surface area contributed by atoms with E-state index >= 15 is 0 Å². The van der Waals surface area contributed by atoms with Crippen LogP contribution in [0.15, 0.2) is 63.2 Å². The van der Waals surface area contributed by atoms with Gasteiger partial charge in [0.05, 0.1) is 17.9 Å². The van der Waals surface area contributed by atoms with Gasteiger partial charge in [0.15, 0.2) is 0 Å². The number of rotatable bonds is 6. The van der Waals surface area contributed by atoms with Crippen molar-refractivity contribution in [3.05, 3.63) is 71.1 Å². The van der Waals surface area contributed by atoms with Crippen LogP contribution >= 0.6 is 11.3 Å². The third kappa shape index (κ3) is 3.91. The van der Waals surface area contributed by atoms with Crippen molar-refractivity contribution in [3.63, 3.8) is 0 Å². The van der Waals surface area contributed by atoms with Crippen LogP contribution in [0.2, 0.25) is 0 Å². The van der Waals surface area contributed by atoms with E-state index in [4.69, 9.17) is 9.40 Å². The minimum atomic E-state index is -3.69. The molecule has 29 heavy (non-hydrogen) atoms. The molecule has 4 rings (SSSR count). The number of hydrogen-bond acceptors (Lipinski definition) is 5. The molecule has 0 radical (unpaired) electrons. The molecule has 0 unspecified atom stereocenters. The van der Waals surface area contributed by atoms with Gasteiger partial charge in [-0.25, -0.2) is 18.1 Å². The number of aryl methyl sites for hydroxylation is 1. The van der Waals surface area contributed by atoms with Crippen LogP contribution in [0, 0.1) is 13.8 Å². The van der Waals surface area contributed by atoms with Crippen molar-refractivity contribution in [3.8, 4) is 22.0 Å². The minimum absolute atomic E-state index is 0.106. The highest BCUT2D eigenvalue weighted by Crippen LogP contribution is 2.32. The van der Waals surface area contributed by atoms with Crippen molar-refractivity contribution in [2.45, 2.75) is 25.3 Å². The molecule has 6 nitrogen and oxygen atoms in total. The van der Waals surface area contributed by atoms with Gasteiger partial charge < -0.3 is 8.98 Å². The monoisotopic (exact) mass is 427 g/mol. The lowest BCUT2D eigenvalue weighted by Crippen LogP contribution is -2.23. The van der Waals surface area contributed by atoms with Gasteiger partial charge in [-0.3, -0.25) is 0 Å². The molecule has 8 heteroatoms. The van der Waals surface area contributed by atoms with E-state index in [1.165, 1.54) is 11.3 Å². The molecule has 150 valence electrons. The summed E-state index contributed by atoms with van der Waals surface area (Å²) in [5.74, 6) is 1.32. The number of benzene rings is 1. The van der Waals surface area contributed by atoms with Gasteiger partial charge >= 0.3 is 0 Å². The van der Waals surface area contributed by atoms with Gasteiger partial charge in [0.1, 0.15) is 21.4 Å². The van der Waals surface area contributed by atoms with E-state index in [0.717, 1.165) is 27.7 Å². The summed E-state index contributed by atoms with van der Waals surface area (Å²) in [4.78, 5) is 4.96. The van der Waals surface area contributed by atoms with E-state index in [0.29, 0.717) is 11.5 Å². The van der Waals surface area contributed by atoms with Gasteiger partial charge in [0.2, 0.25) is 10.0 Å². The van der Waals surface area contributed by atoms with Crippen molar-refractivity contribution in [2.24, 2.45) is 7.05 Å². The molecule has 0 spiro atoms. The van der Waals surface area contributed by atoms with E-state index in [9.17, 15) is 8.42 Å². The van der Waals surface area contributed by atoms with E-state index in [-0.39, 0.29) is 11.4 Å². The second-order valence-electron chi connectivity index (χ2n) is 6.78. The molecule has 4 aromatic rings. The Kier molecular flexibility index (Phi) is 5.16. The quantitative estimate of drug-likeness (QED) is 0.491. The predicted molar refractivity (Wildman–Crippen MR) is 114 cm³/mol. The molecule has 0 aliphatic heterocycles. The number of furan rings is 1. The number of nitrogens with one attached hydrogen (secondary N) is 1. The maximum absolute atomic E-state index is 12.9. The van der Waals surface area contributed by atoms with Gasteiger partial charge in [-0.2, -0.15) is 0 Å². The normalized spacial score (nSPS) is 11.8. The van der Waals surface area contributed by atoms with Crippen LogP contribution < -0.4 is 4.72 Å². The van der Waals surface area contributed by atoms with Gasteiger partial charge in [0, 0.05) is 23.7 Å². The third-order valence-electron chi connectivity index (χ3n) is 4.80. The minimum Gasteiger partial charge on any atom is -0.465 e. The molecule has 0 atom stereocenters. The Bertz CT molecular complexity index is 1250. The van der Waals surface area contributed by atoms with Crippen LogP contribution in [-0.2, 0) is 23.6 Å². The molecule has 3 aromatic heterocycles. The summed E-state index contributed by atoms with van der Waals surface area (Å²) in [5, 5.41) is 2.76. The molecule has 0 amide bonds. The second kappa shape index (κ2) is 7.62. The molecular formula is C21H21N3O3S2. The average molecular weight is 428 g/mol. The molecular weight excluding hydrogens is 406 g/mol. The van der Waals surface area contributed by atoms with E-state index in [1.807, 2.05) is 60.3 Å². The first kappa shape index (κ1) is 19.6. The van der Waals surface area contributed by atoms with E-state index in [1.54, 1.807) is 19.1 Å². The number of nitrogens with zero attached hydrogens (tertiary/aromatic N) is 2. The van der Waals surface area contributed by atoms with Crippen LogP contribution in [0.4, 0.5) is 0 Å².